The van der Waals surface area contributed by atoms with Crippen LogP contribution in [0.4, 0.5) is 0 Å². The summed E-state index contributed by atoms with van der Waals surface area (Å²) in [5.74, 6) is 2.34. The van der Waals surface area contributed by atoms with E-state index in [1.807, 2.05) is 35.9 Å². The van der Waals surface area contributed by atoms with E-state index in [1.165, 1.54) is 0 Å². The Hall–Kier alpha value is -1.88. The number of nitrogens with two attached hydrogens (primary N) is 1. The first-order chi connectivity index (χ1) is 10.1. The highest BCUT2D eigenvalue weighted by Gasteiger charge is 2.13. The summed E-state index contributed by atoms with van der Waals surface area (Å²) in [7, 11) is 0. The zero-order valence-electron chi connectivity index (χ0n) is 13.0. The molecule has 0 bridgehead atoms. The lowest BCUT2D eigenvalue weighted by atomic mass is 10.0. The summed E-state index contributed by atoms with van der Waals surface area (Å²) in [6.45, 7) is 7.84. The Morgan fingerprint density at radius 2 is 1.95 bits per heavy atom. The van der Waals surface area contributed by atoms with Gasteiger partial charge in [0.25, 0.3) is 0 Å². The second-order valence-corrected chi connectivity index (χ2v) is 5.56. The first-order valence-electron chi connectivity index (χ1n) is 7.45. The number of hydrogen-bond acceptors (Lipinski definition) is 4. The summed E-state index contributed by atoms with van der Waals surface area (Å²) in [5.41, 5.74) is 7.37. The minimum Gasteiger partial charge on any atom is -0.494 e. The fourth-order valence-corrected chi connectivity index (χ4v) is 2.24. The van der Waals surface area contributed by atoms with Gasteiger partial charge in [-0.2, -0.15) is 5.10 Å². The first-order valence-corrected chi connectivity index (χ1v) is 7.45. The van der Waals surface area contributed by atoms with E-state index in [0.29, 0.717) is 18.9 Å². The molecule has 1 unspecified atom stereocenters. The Bertz CT molecular complexity index is 548. The third-order valence-corrected chi connectivity index (χ3v) is 3.26. The molecule has 0 saturated heterocycles. The van der Waals surface area contributed by atoms with Gasteiger partial charge >= 0.3 is 0 Å². The summed E-state index contributed by atoms with van der Waals surface area (Å²) >= 11 is 0. The molecule has 0 radical (unpaired) electrons. The molecule has 21 heavy (non-hydrogen) atoms. The maximum atomic E-state index is 6.29. The van der Waals surface area contributed by atoms with Crippen molar-refractivity contribution in [3.63, 3.8) is 0 Å². The van der Waals surface area contributed by atoms with Crippen molar-refractivity contribution in [2.45, 2.75) is 39.8 Å². The SMILES string of the molecule is CCOc1ccc(C(N)Cc2ncnn2CC(C)C)cc1. The largest absolute Gasteiger partial charge is 0.494 e. The molecular weight excluding hydrogens is 264 g/mol. The Kier molecular flexibility index (Phi) is 5.33. The van der Waals surface area contributed by atoms with Crippen LogP contribution >= 0.6 is 0 Å². The molecule has 1 heterocycles. The molecule has 1 aromatic heterocycles. The molecule has 5 nitrogen and oxygen atoms in total. The lowest BCUT2D eigenvalue weighted by molar-refractivity contribution is 0.340. The maximum Gasteiger partial charge on any atom is 0.138 e. The van der Waals surface area contributed by atoms with Crippen molar-refractivity contribution >= 4 is 0 Å². The highest BCUT2D eigenvalue weighted by atomic mass is 16.5. The van der Waals surface area contributed by atoms with Crippen molar-refractivity contribution in [2.75, 3.05) is 6.61 Å². The van der Waals surface area contributed by atoms with Crippen molar-refractivity contribution in [3.05, 3.63) is 42.0 Å². The lowest BCUT2D eigenvalue weighted by Crippen LogP contribution is -2.18. The number of rotatable bonds is 7. The summed E-state index contributed by atoms with van der Waals surface area (Å²) < 4.78 is 7.39. The van der Waals surface area contributed by atoms with Crippen LogP contribution in [0.5, 0.6) is 5.75 Å². The van der Waals surface area contributed by atoms with Gasteiger partial charge in [-0.15, -0.1) is 0 Å². The van der Waals surface area contributed by atoms with Gasteiger partial charge in [0.2, 0.25) is 0 Å². The molecule has 0 spiro atoms. The van der Waals surface area contributed by atoms with E-state index in [0.717, 1.165) is 23.7 Å². The minimum absolute atomic E-state index is 0.0872. The summed E-state index contributed by atoms with van der Waals surface area (Å²) in [5, 5.41) is 4.27. The number of ether oxygens (including phenoxy) is 1. The summed E-state index contributed by atoms with van der Waals surface area (Å²) in [6, 6.07) is 7.85. The molecule has 0 saturated carbocycles. The fourth-order valence-electron chi connectivity index (χ4n) is 2.24. The zero-order chi connectivity index (χ0) is 15.2. The zero-order valence-corrected chi connectivity index (χ0v) is 13.0. The van der Waals surface area contributed by atoms with E-state index < -0.39 is 0 Å². The number of hydrogen-bond donors (Lipinski definition) is 1. The third-order valence-electron chi connectivity index (χ3n) is 3.26. The van der Waals surface area contributed by atoms with Gasteiger partial charge in [0, 0.05) is 19.0 Å². The normalized spacial score (nSPS) is 12.6. The second kappa shape index (κ2) is 7.22. The highest BCUT2D eigenvalue weighted by Crippen LogP contribution is 2.19. The van der Waals surface area contributed by atoms with Crippen molar-refractivity contribution in [2.24, 2.45) is 11.7 Å². The molecule has 0 aliphatic rings. The van der Waals surface area contributed by atoms with Crippen LogP contribution in [0.25, 0.3) is 0 Å². The van der Waals surface area contributed by atoms with Gasteiger partial charge in [-0.05, 0) is 30.5 Å². The highest BCUT2D eigenvalue weighted by molar-refractivity contribution is 5.29. The van der Waals surface area contributed by atoms with Gasteiger partial charge in [-0.1, -0.05) is 26.0 Å². The Morgan fingerprint density at radius 3 is 2.57 bits per heavy atom. The van der Waals surface area contributed by atoms with Crippen molar-refractivity contribution in [1.29, 1.82) is 0 Å². The molecule has 5 heteroatoms. The van der Waals surface area contributed by atoms with Gasteiger partial charge in [0.05, 0.1) is 6.61 Å². The number of nitrogens with zero attached hydrogens (tertiary/aromatic N) is 3. The van der Waals surface area contributed by atoms with Crippen LogP contribution in [0, 0.1) is 5.92 Å². The molecule has 1 atom stereocenters. The quantitative estimate of drug-likeness (QED) is 0.850. The molecule has 0 fully saturated rings. The van der Waals surface area contributed by atoms with Gasteiger partial charge in [0.15, 0.2) is 0 Å². The minimum atomic E-state index is -0.0872. The van der Waals surface area contributed by atoms with E-state index in [4.69, 9.17) is 10.5 Å². The number of aromatic nitrogens is 3. The maximum absolute atomic E-state index is 6.29. The molecule has 1 aromatic carbocycles. The fraction of sp³-hybridized carbons (Fsp3) is 0.500. The van der Waals surface area contributed by atoms with Crippen LogP contribution in [0.2, 0.25) is 0 Å². The van der Waals surface area contributed by atoms with Crippen LogP contribution in [-0.2, 0) is 13.0 Å². The predicted molar refractivity (Wildman–Crippen MR) is 83.1 cm³/mol. The smallest absolute Gasteiger partial charge is 0.138 e. The van der Waals surface area contributed by atoms with E-state index in [-0.39, 0.29) is 6.04 Å². The van der Waals surface area contributed by atoms with Crippen LogP contribution in [-0.4, -0.2) is 21.4 Å². The van der Waals surface area contributed by atoms with E-state index >= 15 is 0 Å². The molecule has 114 valence electrons. The molecule has 2 N–H and O–H groups in total. The van der Waals surface area contributed by atoms with Crippen LogP contribution in [0.15, 0.2) is 30.6 Å². The van der Waals surface area contributed by atoms with Crippen LogP contribution in [0.3, 0.4) is 0 Å². The molecule has 2 aromatic rings. The predicted octanol–water partition coefficient (Wildman–Crippen LogP) is 2.58. The second-order valence-electron chi connectivity index (χ2n) is 5.56. The standard InChI is InChI=1S/C16H24N4O/c1-4-21-14-7-5-13(6-8-14)15(17)9-16-18-11-19-20(16)10-12(2)3/h5-8,11-12,15H,4,9-10,17H2,1-3H3. The molecular formula is C16H24N4O. The Labute approximate surface area is 126 Å². The summed E-state index contributed by atoms with van der Waals surface area (Å²) in [4.78, 5) is 4.33. The molecule has 2 rings (SSSR count). The first kappa shape index (κ1) is 15.5. The average molecular weight is 288 g/mol. The van der Waals surface area contributed by atoms with Crippen LogP contribution < -0.4 is 10.5 Å². The number of benzene rings is 1. The lowest BCUT2D eigenvalue weighted by Gasteiger charge is -2.14. The topological polar surface area (TPSA) is 66.0 Å². The molecule has 0 aliphatic carbocycles. The van der Waals surface area contributed by atoms with Crippen LogP contribution in [0.1, 0.15) is 38.2 Å². The summed E-state index contributed by atoms with van der Waals surface area (Å²) in [6.07, 6.45) is 2.28. The van der Waals surface area contributed by atoms with Crippen molar-refractivity contribution in [3.8, 4) is 5.75 Å². The van der Waals surface area contributed by atoms with Crippen molar-refractivity contribution < 1.29 is 4.74 Å². The Balaban J connectivity index is 2.03. The monoisotopic (exact) mass is 288 g/mol. The van der Waals surface area contributed by atoms with E-state index in [1.54, 1.807) is 6.33 Å². The van der Waals surface area contributed by atoms with E-state index in [9.17, 15) is 0 Å². The van der Waals surface area contributed by atoms with Crippen molar-refractivity contribution in [1.82, 2.24) is 14.8 Å². The van der Waals surface area contributed by atoms with Gasteiger partial charge in [-0.3, -0.25) is 0 Å². The van der Waals surface area contributed by atoms with Gasteiger partial charge in [0.1, 0.15) is 17.9 Å². The molecule has 0 aliphatic heterocycles. The van der Waals surface area contributed by atoms with Gasteiger partial charge < -0.3 is 10.5 Å². The molecule has 0 amide bonds. The van der Waals surface area contributed by atoms with Gasteiger partial charge in [-0.25, -0.2) is 9.67 Å². The third kappa shape index (κ3) is 4.29. The Morgan fingerprint density at radius 1 is 1.24 bits per heavy atom. The average Bonchev–Trinajstić information content (AvgIpc) is 2.86. The van der Waals surface area contributed by atoms with E-state index in [2.05, 4.69) is 23.9 Å².